The van der Waals surface area contributed by atoms with E-state index in [0.717, 1.165) is 11.1 Å². The standard InChI is InChI=1S/C21H19N3O4/c1-13(25)17(18-20(27)24-21(28)23-18)22-19(26)16-11-9-15(10-12-16)8-7-14-5-3-2-4-6-14/h2-6,9-13,17,25,27H,1H3,(H,22,26)(H2,23,24,28)/t13-,17+/m1/s1. The van der Waals surface area contributed by atoms with Gasteiger partial charge < -0.3 is 20.5 Å². The van der Waals surface area contributed by atoms with E-state index < -0.39 is 29.6 Å². The summed E-state index contributed by atoms with van der Waals surface area (Å²) in [7, 11) is 0. The Labute approximate surface area is 161 Å². The minimum Gasteiger partial charge on any atom is -0.493 e. The van der Waals surface area contributed by atoms with Gasteiger partial charge >= 0.3 is 5.69 Å². The Balaban J connectivity index is 1.74. The number of hydrogen-bond acceptors (Lipinski definition) is 4. The van der Waals surface area contributed by atoms with Gasteiger partial charge in [-0.05, 0) is 43.3 Å². The molecule has 3 rings (SSSR count). The van der Waals surface area contributed by atoms with Gasteiger partial charge in [0.15, 0.2) is 0 Å². The maximum absolute atomic E-state index is 12.5. The first kappa shape index (κ1) is 19.0. The average Bonchev–Trinajstić information content (AvgIpc) is 3.03. The second-order valence-electron chi connectivity index (χ2n) is 6.23. The van der Waals surface area contributed by atoms with Gasteiger partial charge in [0.2, 0.25) is 5.88 Å². The van der Waals surface area contributed by atoms with Crippen LogP contribution in [0.3, 0.4) is 0 Å². The van der Waals surface area contributed by atoms with Crippen molar-refractivity contribution in [1.82, 2.24) is 15.3 Å². The van der Waals surface area contributed by atoms with Crippen LogP contribution in [-0.4, -0.2) is 32.2 Å². The van der Waals surface area contributed by atoms with Crippen LogP contribution in [0.15, 0.2) is 59.4 Å². The fraction of sp³-hybridized carbons (Fsp3) is 0.143. The van der Waals surface area contributed by atoms with Gasteiger partial charge in [0.05, 0.1) is 6.10 Å². The van der Waals surface area contributed by atoms with Crippen molar-refractivity contribution in [2.45, 2.75) is 19.1 Å². The number of aliphatic hydroxyl groups is 1. The molecule has 0 unspecified atom stereocenters. The zero-order valence-corrected chi connectivity index (χ0v) is 15.1. The predicted octanol–water partition coefficient (Wildman–Crippen LogP) is 1.66. The Morgan fingerprint density at radius 3 is 2.14 bits per heavy atom. The molecule has 0 fully saturated rings. The monoisotopic (exact) mass is 377 g/mol. The van der Waals surface area contributed by atoms with Gasteiger partial charge in [-0.15, -0.1) is 0 Å². The summed E-state index contributed by atoms with van der Waals surface area (Å²) in [6.07, 6.45) is -1.04. The number of rotatable bonds is 4. The highest BCUT2D eigenvalue weighted by molar-refractivity contribution is 5.94. The van der Waals surface area contributed by atoms with Crippen molar-refractivity contribution >= 4 is 5.91 Å². The number of aliphatic hydroxyl groups excluding tert-OH is 1. The van der Waals surface area contributed by atoms with Crippen LogP contribution in [0.1, 0.15) is 40.1 Å². The lowest BCUT2D eigenvalue weighted by atomic mass is 10.1. The number of aromatic nitrogens is 2. The van der Waals surface area contributed by atoms with Gasteiger partial charge in [0, 0.05) is 16.7 Å². The Hall–Kier alpha value is -3.76. The highest BCUT2D eigenvalue weighted by Gasteiger charge is 2.25. The molecule has 142 valence electrons. The quantitative estimate of drug-likeness (QED) is 0.444. The molecule has 0 aliphatic carbocycles. The molecule has 2 atom stereocenters. The Bertz CT molecular complexity index is 1070. The molecule has 0 spiro atoms. The van der Waals surface area contributed by atoms with Gasteiger partial charge in [0.1, 0.15) is 11.7 Å². The van der Waals surface area contributed by atoms with Crippen molar-refractivity contribution in [3.63, 3.8) is 0 Å². The van der Waals surface area contributed by atoms with E-state index in [2.05, 4.69) is 27.1 Å². The summed E-state index contributed by atoms with van der Waals surface area (Å²) in [5.41, 5.74) is 1.38. The normalized spacial score (nSPS) is 12.5. The van der Waals surface area contributed by atoms with E-state index in [1.54, 1.807) is 24.3 Å². The molecule has 0 saturated heterocycles. The van der Waals surface area contributed by atoms with Crippen molar-refractivity contribution in [2.24, 2.45) is 0 Å². The average molecular weight is 377 g/mol. The van der Waals surface area contributed by atoms with Crippen LogP contribution in [0.2, 0.25) is 0 Å². The Morgan fingerprint density at radius 2 is 1.61 bits per heavy atom. The molecule has 7 nitrogen and oxygen atoms in total. The summed E-state index contributed by atoms with van der Waals surface area (Å²) >= 11 is 0. The number of aromatic hydroxyl groups is 1. The summed E-state index contributed by atoms with van der Waals surface area (Å²) in [5.74, 6) is 5.17. The number of carbonyl (C=O) groups excluding carboxylic acids is 1. The predicted molar refractivity (Wildman–Crippen MR) is 104 cm³/mol. The number of benzene rings is 2. The van der Waals surface area contributed by atoms with Gasteiger partial charge in [-0.1, -0.05) is 30.0 Å². The second kappa shape index (κ2) is 8.29. The van der Waals surface area contributed by atoms with Crippen LogP contribution in [0.25, 0.3) is 0 Å². The smallest absolute Gasteiger partial charge is 0.326 e. The second-order valence-corrected chi connectivity index (χ2v) is 6.23. The zero-order chi connectivity index (χ0) is 20.1. The van der Waals surface area contributed by atoms with Crippen molar-refractivity contribution in [1.29, 1.82) is 0 Å². The highest BCUT2D eigenvalue weighted by atomic mass is 16.3. The van der Waals surface area contributed by atoms with Crippen LogP contribution in [0.4, 0.5) is 0 Å². The van der Waals surface area contributed by atoms with Gasteiger partial charge in [-0.3, -0.25) is 9.78 Å². The fourth-order valence-electron chi connectivity index (χ4n) is 2.64. The molecule has 0 aliphatic rings. The van der Waals surface area contributed by atoms with E-state index in [1.807, 2.05) is 30.3 Å². The Kier molecular flexibility index (Phi) is 5.63. The molecule has 0 aliphatic heterocycles. The van der Waals surface area contributed by atoms with Gasteiger partial charge in [0.25, 0.3) is 5.91 Å². The summed E-state index contributed by atoms with van der Waals surface area (Å²) in [6.45, 7) is 1.44. The van der Waals surface area contributed by atoms with E-state index in [-0.39, 0.29) is 5.69 Å². The molecule has 1 heterocycles. The van der Waals surface area contributed by atoms with Crippen LogP contribution >= 0.6 is 0 Å². The molecular formula is C21H19N3O4. The largest absolute Gasteiger partial charge is 0.493 e. The lowest BCUT2D eigenvalue weighted by Gasteiger charge is -2.20. The minimum atomic E-state index is -1.04. The van der Waals surface area contributed by atoms with E-state index in [0.29, 0.717) is 5.56 Å². The maximum atomic E-state index is 12.5. The van der Waals surface area contributed by atoms with Crippen LogP contribution in [0.5, 0.6) is 5.88 Å². The fourth-order valence-corrected chi connectivity index (χ4v) is 2.64. The van der Waals surface area contributed by atoms with E-state index in [4.69, 9.17) is 0 Å². The highest BCUT2D eigenvalue weighted by Crippen LogP contribution is 2.21. The summed E-state index contributed by atoms with van der Waals surface area (Å²) in [6, 6.07) is 15.2. The van der Waals surface area contributed by atoms with E-state index >= 15 is 0 Å². The maximum Gasteiger partial charge on any atom is 0.326 e. The van der Waals surface area contributed by atoms with Crippen molar-refractivity contribution in [2.75, 3.05) is 0 Å². The molecule has 0 saturated carbocycles. The third-order valence-corrected chi connectivity index (χ3v) is 4.09. The molecule has 28 heavy (non-hydrogen) atoms. The third-order valence-electron chi connectivity index (χ3n) is 4.09. The topological polar surface area (TPSA) is 118 Å². The molecule has 1 amide bonds. The van der Waals surface area contributed by atoms with Crippen LogP contribution in [0, 0.1) is 11.8 Å². The molecule has 1 aromatic heterocycles. The van der Waals surface area contributed by atoms with Crippen molar-refractivity contribution in [3.05, 3.63) is 87.5 Å². The molecule has 0 radical (unpaired) electrons. The molecule has 3 aromatic rings. The molecule has 2 aromatic carbocycles. The summed E-state index contributed by atoms with van der Waals surface area (Å²) in [4.78, 5) is 28.3. The Morgan fingerprint density at radius 1 is 1.00 bits per heavy atom. The van der Waals surface area contributed by atoms with Crippen molar-refractivity contribution in [3.8, 4) is 17.7 Å². The van der Waals surface area contributed by atoms with Gasteiger partial charge in [-0.2, -0.15) is 0 Å². The number of H-pyrrole nitrogens is 2. The molecule has 0 bridgehead atoms. The molecule has 5 N–H and O–H groups in total. The first-order valence-corrected chi connectivity index (χ1v) is 8.61. The summed E-state index contributed by atoms with van der Waals surface area (Å²) < 4.78 is 0. The van der Waals surface area contributed by atoms with Crippen LogP contribution in [-0.2, 0) is 0 Å². The number of amides is 1. The lowest BCUT2D eigenvalue weighted by Crippen LogP contribution is -2.35. The van der Waals surface area contributed by atoms with Gasteiger partial charge in [-0.25, -0.2) is 4.79 Å². The molecule has 7 heteroatoms. The van der Waals surface area contributed by atoms with Crippen LogP contribution < -0.4 is 11.0 Å². The van der Waals surface area contributed by atoms with E-state index in [9.17, 15) is 19.8 Å². The summed E-state index contributed by atoms with van der Waals surface area (Å²) in [5, 5.41) is 22.3. The number of nitrogens with one attached hydrogen (secondary N) is 3. The van der Waals surface area contributed by atoms with Crippen molar-refractivity contribution < 1.29 is 15.0 Å². The lowest BCUT2D eigenvalue weighted by molar-refractivity contribution is 0.0852. The first-order chi connectivity index (χ1) is 13.4. The first-order valence-electron chi connectivity index (χ1n) is 8.61. The zero-order valence-electron chi connectivity index (χ0n) is 15.1. The SMILES string of the molecule is C[C@@H](O)[C@H](NC(=O)c1ccc(C#Cc2ccccc2)cc1)c1[nH]c(=O)[nH]c1O. The third kappa shape index (κ3) is 4.50. The minimum absolute atomic E-state index is 0.0127. The number of imidazole rings is 1. The number of aromatic amines is 2. The molecular weight excluding hydrogens is 358 g/mol. The number of hydrogen-bond donors (Lipinski definition) is 5. The number of carbonyl (C=O) groups is 1. The van der Waals surface area contributed by atoms with E-state index in [1.165, 1.54) is 6.92 Å².